The van der Waals surface area contributed by atoms with Gasteiger partial charge in [-0.25, -0.2) is 0 Å². The number of nitrogens with zero attached hydrogens (tertiary/aromatic N) is 1. The molecule has 1 unspecified atom stereocenters. The minimum Gasteiger partial charge on any atom is -0.371 e. The molecule has 2 nitrogen and oxygen atoms in total. The number of benzene rings is 1. The van der Waals surface area contributed by atoms with E-state index in [2.05, 4.69) is 54.4 Å². The second-order valence-electron chi connectivity index (χ2n) is 5.89. The van der Waals surface area contributed by atoms with Crippen LogP contribution in [0.3, 0.4) is 0 Å². The first-order valence-electron chi connectivity index (χ1n) is 7.80. The average molecular weight is 260 g/mol. The van der Waals surface area contributed by atoms with Crippen molar-refractivity contribution in [3.8, 4) is 0 Å². The predicted molar refractivity (Wildman–Crippen MR) is 83.8 cm³/mol. The minimum atomic E-state index is 0.476. The molecule has 0 amide bonds. The fraction of sp³-hybridized carbons (Fsp3) is 0.647. The zero-order valence-electron chi connectivity index (χ0n) is 12.5. The van der Waals surface area contributed by atoms with Crippen molar-refractivity contribution < 1.29 is 0 Å². The molecule has 1 fully saturated rings. The molecule has 2 rings (SSSR count). The highest BCUT2D eigenvalue weighted by atomic mass is 15.1. The third-order valence-electron chi connectivity index (χ3n) is 4.51. The molecule has 0 radical (unpaired) electrons. The number of hydrogen-bond donors (Lipinski definition) is 1. The minimum absolute atomic E-state index is 0.476. The fourth-order valence-electron chi connectivity index (χ4n) is 3.04. The second kappa shape index (κ2) is 6.95. The van der Waals surface area contributed by atoms with E-state index in [1.54, 1.807) is 0 Å². The molecule has 1 aliphatic rings. The SMILES string of the molecule is CCCCN(CC1(CC)CCNC1)c1ccccc1. The van der Waals surface area contributed by atoms with Gasteiger partial charge in [-0.15, -0.1) is 0 Å². The van der Waals surface area contributed by atoms with E-state index >= 15 is 0 Å². The highest BCUT2D eigenvalue weighted by molar-refractivity contribution is 5.46. The zero-order valence-corrected chi connectivity index (χ0v) is 12.5. The van der Waals surface area contributed by atoms with Crippen LogP contribution >= 0.6 is 0 Å². The normalized spacial score (nSPS) is 22.6. The van der Waals surface area contributed by atoms with Crippen LogP contribution < -0.4 is 10.2 Å². The van der Waals surface area contributed by atoms with Crippen molar-refractivity contribution in [2.24, 2.45) is 5.41 Å². The lowest BCUT2D eigenvalue weighted by Gasteiger charge is -2.35. The summed E-state index contributed by atoms with van der Waals surface area (Å²) in [6, 6.07) is 10.9. The van der Waals surface area contributed by atoms with Crippen molar-refractivity contribution in [1.82, 2.24) is 5.32 Å². The van der Waals surface area contributed by atoms with Crippen LogP contribution in [0.15, 0.2) is 30.3 Å². The van der Waals surface area contributed by atoms with E-state index in [1.807, 2.05) is 0 Å². The van der Waals surface area contributed by atoms with Crippen molar-refractivity contribution in [3.05, 3.63) is 30.3 Å². The molecule has 106 valence electrons. The quantitative estimate of drug-likeness (QED) is 0.804. The van der Waals surface area contributed by atoms with Crippen molar-refractivity contribution in [3.63, 3.8) is 0 Å². The maximum absolute atomic E-state index is 3.55. The van der Waals surface area contributed by atoms with Gasteiger partial charge in [-0.05, 0) is 37.9 Å². The van der Waals surface area contributed by atoms with Gasteiger partial charge in [0, 0.05) is 30.7 Å². The van der Waals surface area contributed by atoms with Gasteiger partial charge in [-0.1, -0.05) is 38.5 Å². The molecule has 1 N–H and O–H groups in total. The molecular formula is C17H28N2. The molecule has 1 aromatic rings. The lowest BCUT2D eigenvalue weighted by atomic mass is 9.83. The number of para-hydroxylation sites is 1. The van der Waals surface area contributed by atoms with Crippen LogP contribution in [0.1, 0.15) is 39.5 Å². The molecule has 0 aromatic heterocycles. The lowest BCUT2D eigenvalue weighted by Crippen LogP contribution is -2.39. The van der Waals surface area contributed by atoms with Gasteiger partial charge in [0.05, 0.1) is 0 Å². The van der Waals surface area contributed by atoms with Crippen LogP contribution in [0.4, 0.5) is 5.69 Å². The highest BCUT2D eigenvalue weighted by Crippen LogP contribution is 2.32. The smallest absolute Gasteiger partial charge is 0.0366 e. The van der Waals surface area contributed by atoms with E-state index in [0.29, 0.717) is 5.41 Å². The Labute approximate surface area is 118 Å². The van der Waals surface area contributed by atoms with Crippen LogP contribution in [-0.2, 0) is 0 Å². The standard InChI is InChI=1S/C17H28N2/c1-3-5-13-19(16-9-7-6-8-10-16)15-17(4-2)11-12-18-14-17/h6-10,18H,3-5,11-15H2,1-2H3. The van der Waals surface area contributed by atoms with Crippen LogP contribution in [0, 0.1) is 5.41 Å². The summed E-state index contributed by atoms with van der Waals surface area (Å²) in [7, 11) is 0. The average Bonchev–Trinajstić information content (AvgIpc) is 2.93. The van der Waals surface area contributed by atoms with Crippen molar-refractivity contribution >= 4 is 5.69 Å². The van der Waals surface area contributed by atoms with E-state index in [-0.39, 0.29) is 0 Å². The summed E-state index contributed by atoms with van der Waals surface area (Å²) >= 11 is 0. The van der Waals surface area contributed by atoms with E-state index < -0.39 is 0 Å². The summed E-state index contributed by atoms with van der Waals surface area (Å²) < 4.78 is 0. The number of anilines is 1. The third kappa shape index (κ3) is 3.73. The monoisotopic (exact) mass is 260 g/mol. The van der Waals surface area contributed by atoms with Crippen molar-refractivity contribution in [2.75, 3.05) is 31.1 Å². The van der Waals surface area contributed by atoms with Gasteiger partial charge in [-0.3, -0.25) is 0 Å². The third-order valence-corrected chi connectivity index (χ3v) is 4.51. The maximum atomic E-state index is 3.55. The Kier molecular flexibility index (Phi) is 5.26. The molecule has 1 aromatic carbocycles. The topological polar surface area (TPSA) is 15.3 Å². The molecule has 1 heterocycles. The largest absolute Gasteiger partial charge is 0.371 e. The number of unbranched alkanes of at least 4 members (excludes halogenated alkanes) is 1. The number of hydrogen-bond acceptors (Lipinski definition) is 2. The Balaban J connectivity index is 2.09. The Hall–Kier alpha value is -1.02. The predicted octanol–water partition coefficient (Wildman–Crippen LogP) is 3.68. The Bertz CT molecular complexity index is 355. The van der Waals surface area contributed by atoms with Crippen LogP contribution in [0.2, 0.25) is 0 Å². The van der Waals surface area contributed by atoms with Gasteiger partial charge in [0.2, 0.25) is 0 Å². The van der Waals surface area contributed by atoms with Crippen molar-refractivity contribution in [1.29, 1.82) is 0 Å². The summed E-state index contributed by atoms with van der Waals surface area (Å²) in [4.78, 5) is 2.60. The van der Waals surface area contributed by atoms with E-state index in [4.69, 9.17) is 0 Å². The van der Waals surface area contributed by atoms with Gasteiger partial charge in [0.15, 0.2) is 0 Å². The number of rotatable bonds is 7. The Morgan fingerprint density at radius 3 is 2.58 bits per heavy atom. The van der Waals surface area contributed by atoms with E-state index in [0.717, 1.165) is 0 Å². The molecule has 1 atom stereocenters. The lowest BCUT2D eigenvalue weighted by molar-refractivity contribution is 0.311. The molecule has 0 aliphatic carbocycles. The van der Waals surface area contributed by atoms with Gasteiger partial charge in [-0.2, -0.15) is 0 Å². The molecule has 0 saturated carbocycles. The zero-order chi connectivity index (χ0) is 13.6. The summed E-state index contributed by atoms with van der Waals surface area (Å²) in [5.41, 5.74) is 1.86. The molecule has 1 aliphatic heterocycles. The first kappa shape index (κ1) is 14.4. The summed E-state index contributed by atoms with van der Waals surface area (Å²) in [6.45, 7) is 9.36. The highest BCUT2D eigenvalue weighted by Gasteiger charge is 2.33. The molecule has 0 bridgehead atoms. The van der Waals surface area contributed by atoms with Crippen LogP contribution in [-0.4, -0.2) is 26.2 Å². The molecule has 2 heteroatoms. The Morgan fingerprint density at radius 1 is 1.21 bits per heavy atom. The maximum Gasteiger partial charge on any atom is 0.0366 e. The summed E-state index contributed by atoms with van der Waals surface area (Å²) in [5, 5.41) is 3.55. The molecule has 0 spiro atoms. The molecular weight excluding hydrogens is 232 g/mol. The van der Waals surface area contributed by atoms with Gasteiger partial charge in [0.25, 0.3) is 0 Å². The van der Waals surface area contributed by atoms with Gasteiger partial charge in [0.1, 0.15) is 0 Å². The fourth-order valence-corrected chi connectivity index (χ4v) is 3.04. The van der Waals surface area contributed by atoms with Crippen LogP contribution in [0.25, 0.3) is 0 Å². The first-order valence-corrected chi connectivity index (χ1v) is 7.80. The van der Waals surface area contributed by atoms with Gasteiger partial charge < -0.3 is 10.2 Å². The summed E-state index contributed by atoms with van der Waals surface area (Å²) in [6.07, 6.45) is 5.14. The second-order valence-corrected chi connectivity index (χ2v) is 5.89. The Morgan fingerprint density at radius 2 is 2.00 bits per heavy atom. The van der Waals surface area contributed by atoms with Gasteiger partial charge >= 0.3 is 0 Å². The van der Waals surface area contributed by atoms with Crippen LogP contribution in [0.5, 0.6) is 0 Å². The number of nitrogens with one attached hydrogen (secondary N) is 1. The molecule has 1 saturated heterocycles. The summed E-state index contributed by atoms with van der Waals surface area (Å²) in [5.74, 6) is 0. The molecule has 19 heavy (non-hydrogen) atoms. The first-order chi connectivity index (χ1) is 9.29. The van der Waals surface area contributed by atoms with E-state index in [1.165, 1.54) is 57.5 Å². The van der Waals surface area contributed by atoms with Crippen molar-refractivity contribution in [2.45, 2.75) is 39.5 Å². The van der Waals surface area contributed by atoms with E-state index in [9.17, 15) is 0 Å².